The van der Waals surface area contributed by atoms with Crippen molar-refractivity contribution in [2.75, 3.05) is 25.6 Å². The molecule has 0 aliphatic carbocycles. The van der Waals surface area contributed by atoms with E-state index in [0.717, 1.165) is 62.1 Å². The number of unbranched alkanes of at least 4 members (excludes halogenated alkanes) is 20. The smallest absolute Gasteiger partial charge is 0.462 e. The zero-order chi connectivity index (χ0) is 44.2. The number of aliphatic hydroxyl groups is 2. The van der Waals surface area contributed by atoms with Crippen molar-refractivity contribution in [3.63, 3.8) is 0 Å². The van der Waals surface area contributed by atoms with Crippen LogP contribution in [0.1, 0.15) is 174 Å². The van der Waals surface area contributed by atoms with E-state index in [1.54, 1.807) is 0 Å². The molecule has 349 valence electrons. The normalized spacial score (nSPS) is 20.0. The summed E-state index contributed by atoms with van der Waals surface area (Å²) in [4.78, 5) is 61.5. The number of esters is 2. The third kappa shape index (κ3) is 26.8. The third-order valence-corrected chi connectivity index (χ3v) is 12.8. The number of rotatable bonds is 36. The van der Waals surface area contributed by atoms with Gasteiger partial charge in [0.15, 0.2) is 12.3 Å². The number of nitrogen functional groups attached to an aromatic ring is 1. The Morgan fingerprint density at radius 1 is 0.738 bits per heavy atom. The maximum atomic E-state index is 12.8. The van der Waals surface area contributed by atoms with E-state index < -0.39 is 83.7 Å². The first-order valence-corrected chi connectivity index (χ1v) is 25.0. The zero-order valence-electron chi connectivity index (χ0n) is 36.8. The van der Waals surface area contributed by atoms with Crippen LogP contribution in [0.5, 0.6) is 0 Å². The first-order valence-electron chi connectivity index (χ1n) is 22.0. The van der Waals surface area contributed by atoms with Crippen molar-refractivity contribution in [3.05, 3.63) is 22.7 Å². The monoisotopic (exact) mass is 936 g/mol. The Morgan fingerprint density at radius 2 is 1.20 bits per heavy atom. The molecular weight excluding hydrogens is 863 g/mol. The van der Waals surface area contributed by atoms with Crippen LogP contribution in [-0.2, 0) is 46.3 Å². The molecule has 2 heterocycles. The molecule has 0 bridgehead atoms. The van der Waals surface area contributed by atoms with Gasteiger partial charge in [-0.1, -0.05) is 142 Å². The molecule has 0 saturated carbocycles. The van der Waals surface area contributed by atoms with Crippen molar-refractivity contribution in [2.45, 2.75) is 199 Å². The van der Waals surface area contributed by atoms with Gasteiger partial charge in [0, 0.05) is 70.4 Å². The zero-order valence-corrected chi connectivity index (χ0v) is 41.7. The van der Waals surface area contributed by atoms with Crippen molar-refractivity contribution in [1.82, 2.24) is 9.55 Å². The Bertz CT molecular complexity index is 1510. The summed E-state index contributed by atoms with van der Waals surface area (Å²) in [7, 11) is -10.8. The second kappa shape index (κ2) is 33.8. The number of carbonyl (C=O) groups excluding carboxylic acids is 2. The van der Waals surface area contributed by atoms with E-state index in [1.165, 1.54) is 83.1 Å². The van der Waals surface area contributed by atoms with Gasteiger partial charge in [-0.25, -0.2) is 13.9 Å². The standard InChI is InChI=1S/C40H73N3O15P2.K/c1-3-5-7-9-11-13-15-17-19-21-23-25-35(44)53-29-32(56-36(45)26-24-22-20-18-16-14-12-10-8-6-4-2)30-54-59(49,50)58-60(51,52)55-31-33-37(46)38(47)39(57-33)43-28-27-34(41)42-40(43)48;/h27-28,32-33,37-39,46-47H,3-26,29-31H2,1-2H3,(H,49,50)(H,51,52)(H2,41,42,48);. The molecule has 61 heavy (non-hydrogen) atoms. The fourth-order valence-corrected chi connectivity index (χ4v) is 8.84. The van der Waals surface area contributed by atoms with Crippen LogP contribution in [0.15, 0.2) is 17.1 Å². The van der Waals surface area contributed by atoms with Crippen molar-refractivity contribution in [3.8, 4) is 0 Å². The molecule has 0 spiro atoms. The molecule has 0 amide bonds. The number of nitrogens with zero attached hydrogens (tertiary/aromatic N) is 2. The minimum absolute atomic E-state index is 0. The summed E-state index contributed by atoms with van der Waals surface area (Å²) in [5.74, 6) is -1.29. The number of hydrogen-bond donors (Lipinski definition) is 5. The third-order valence-electron chi connectivity index (χ3n) is 10.2. The van der Waals surface area contributed by atoms with Crippen LogP contribution in [0.4, 0.5) is 5.82 Å². The van der Waals surface area contributed by atoms with E-state index in [0.29, 0.717) is 12.8 Å². The maximum absolute atomic E-state index is 12.8. The Kier molecular flexibility index (Phi) is 32.4. The Morgan fingerprint density at radius 3 is 1.69 bits per heavy atom. The average Bonchev–Trinajstić information content (AvgIpc) is 3.47. The second-order valence-corrected chi connectivity index (χ2v) is 18.6. The number of ether oxygens (including phenoxy) is 3. The van der Waals surface area contributed by atoms with Gasteiger partial charge >= 0.3 is 33.3 Å². The molecule has 1 radical (unpaired) electrons. The van der Waals surface area contributed by atoms with Gasteiger partial charge in [0.1, 0.15) is 30.7 Å². The van der Waals surface area contributed by atoms with Crippen LogP contribution in [-0.4, -0.2) is 137 Å². The minimum Gasteiger partial charge on any atom is -0.462 e. The number of hydrogen-bond acceptors (Lipinski definition) is 15. The molecule has 21 heteroatoms. The van der Waals surface area contributed by atoms with Crippen molar-refractivity contribution >= 4 is 84.8 Å². The van der Waals surface area contributed by atoms with Crippen LogP contribution in [0.3, 0.4) is 0 Å². The first-order chi connectivity index (χ1) is 28.7. The molecule has 18 nitrogen and oxygen atoms in total. The second-order valence-electron chi connectivity index (χ2n) is 15.6. The molecule has 1 saturated heterocycles. The summed E-state index contributed by atoms with van der Waals surface area (Å²) < 4.78 is 56.5. The molecule has 7 unspecified atom stereocenters. The fraction of sp³-hybridized carbons (Fsp3) is 0.850. The molecule has 0 aromatic carbocycles. The van der Waals surface area contributed by atoms with Crippen LogP contribution in [0.2, 0.25) is 0 Å². The maximum Gasteiger partial charge on any atom is 0.481 e. The number of aromatic nitrogens is 2. The topological polar surface area (TPSA) is 265 Å². The number of aliphatic hydroxyl groups excluding tert-OH is 2. The summed E-state index contributed by atoms with van der Waals surface area (Å²) in [6.45, 7) is 2.12. The number of nitrogens with two attached hydrogens (primary N) is 1. The molecule has 1 aliphatic heterocycles. The number of carbonyl (C=O) groups is 2. The Hall–Kier alpha value is -0.604. The van der Waals surface area contributed by atoms with E-state index in [-0.39, 0.29) is 70.0 Å². The van der Waals surface area contributed by atoms with Crippen molar-refractivity contribution < 1.29 is 66.3 Å². The SMILES string of the molecule is CCCCCCCCCCCCCC(=O)OCC(COP(=O)(O)OP(=O)(O)OCC1OC(n2ccc(N)nc2=O)C(O)C1O)OC(=O)CCCCCCCCCCCCC.[K]. The molecule has 1 aromatic heterocycles. The fourth-order valence-electron chi connectivity index (χ4n) is 6.72. The van der Waals surface area contributed by atoms with Crippen LogP contribution in [0.25, 0.3) is 0 Å². The summed E-state index contributed by atoms with van der Waals surface area (Å²) >= 11 is 0. The van der Waals surface area contributed by atoms with E-state index in [4.69, 9.17) is 29.0 Å². The van der Waals surface area contributed by atoms with Crippen LogP contribution >= 0.6 is 15.6 Å². The Balaban J connectivity index is 0.0000186. The largest absolute Gasteiger partial charge is 0.481 e. The van der Waals surface area contributed by atoms with Crippen LogP contribution < -0.4 is 11.4 Å². The minimum atomic E-state index is -5.41. The van der Waals surface area contributed by atoms with Gasteiger partial charge in [-0.05, 0) is 18.9 Å². The van der Waals surface area contributed by atoms with Crippen molar-refractivity contribution in [2.24, 2.45) is 0 Å². The molecule has 1 fully saturated rings. The van der Waals surface area contributed by atoms with Gasteiger partial charge < -0.3 is 39.9 Å². The number of anilines is 1. The Labute approximate surface area is 404 Å². The average molecular weight is 937 g/mol. The summed E-state index contributed by atoms with van der Waals surface area (Å²) in [6, 6.07) is 1.25. The van der Waals surface area contributed by atoms with E-state index in [9.17, 15) is 43.5 Å². The van der Waals surface area contributed by atoms with Gasteiger partial charge in [-0.3, -0.25) is 23.2 Å². The first kappa shape index (κ1) is 58.4. The predicted octanol–water partition coefficient (Wildman–Crippen LogP) is 7.17. The van der Waals surface area contributed by atoms with E-state index in [2.05, 4.69) is 23.1 Å². The summed E-state index contributed by atoms with van der Waals surface area (Å²) in [5, 5.41) is 20.8. The van der Waals surface area contributed by atoms with Gasteiger partial charge in [0.05, 0.1) is 13.2 Å². The van der Waals surface area contributed by atoms with Crippen LogP contribution in [0, 0.1) is 0 Å². The molecule has 7 atom stereocenters. The summed E-state index contributed by atoms with van der Waals surface area (Å²) in [5.41, 5.74) is 4.57. The molecule has 1 aliphatic rings. The van der Waals surface area contributed by atoms with Crippen molar-refractivity contribution in [1.29, 1.82) is 0 Å². The molecule has 1 aromatic rings. The summed E-state index contributed by atoms with van der Waals surface area (Å²) in [6.07, 6.45) is 17.8. The van der Waals surface area contributed by atoms with Gasteiger partial charge in [0.2, 0.25) is 0 Å². The van der Waals surface area contributed by atoms with E-state index >= 15 is 0 Å². The predicted molar refractivity (Wildman–Crippen MR) is 230 cm³/mol. The number of phosphoric acid groups is 2. The quantitative estimate of drug-likeness (QED) is 0.0193. The van der Waals surface area contributed by atoms with Gasteiger partial charge in [-0.15, -0.1) is 0 Å². The van der Waals surface area contributed by atoms with Gasteiger partial charge in [-0.2, -0.15) is 9.29 Å². The van der Waals surface area contributed by atoms with Gasteiger partial charge in [0.25, 0.3) is 0 Å². The van der Waals surface area contributed by atoms with E-state index in [1.807, 2.05) is 0 Å². The number of phosphoric ester groups is 2. The molecule has 6 N–H and O–H groups in total. The molecule has 2 rings (SSSR count). The molecular formula is C40H73KN3O15P2.